The smallest absolute Gasteiger partial charge is 0.242 e. The fourth-order valence-corrected chi connectivity index (χ4v) is 2.46. The van der Waals surface area contributed by atoms with Crippen molar-refractivity contribution in [1.82, 2.24) is 10.2 Å². The molecule has 1 aromatic carbocycles. The molecule has 1 aromatic rings. The minimum absolute atomic E-state index is 0.0159. The van der Waals surface area contributed by atoms with E-state index >= 15 is 0 Å². The van der Waals surface area contributed by atoms with E-state index in [1.165, 1.54) is 0 Å². The SMILES string of the molecule is CCCC(=O)N(Cc1ccc(Br)cc1)[C@@H](C)C(=O)N[C@@H](C)CC. The van der Waals surface area contributed by atoms with Crippen molar-refractivity contribution in [3.63, 3.8) is 0 Å². The van der Waals surface area contributed by atoms with E-state index in [4.69, 9.17) is 0 Å². The van der Waals surface area contributed by atoms with Crippen LogP contribution in [0.3, 0.4) is 0 Å². The molecule has 0 saturated heterocycles. The Balaban J connectivity index is 2.88. The third-order valence-corrected chi connectivity index (χ3v) is 4.43. The quantitative estimate of drug-likeness (QED) is 0.741. The van der Waals surface area contributed by atoms with Gasteiger partial charge in [-0.1, -0.05) is 41.9 Å². The predicted molar refractivity (Wildman–Crippen MR) is 97.0 cm³/mol. The zero-order valence-corrected chi connectivity index (χ0v) is 16.0. The molecular weight excluding hydrogens is 356 g/mol. The van der Waals surface area contributed by atoms with Gasteiger partial charge in [-0.05, 0) is 44.4 Å². The Morgan fingerprint density at radius 3 is 2.30 bits per heavy atom. The van der Waals surface area contributed by atoms with Gasteiger partial charge in [-0.2, -0.15) is 0 Å². The summed E-state index contributed by atoms with van der Waals surface area (Å²) in [6, 6.07) is 7.46. The van der Waals surface area contributed by atoms with Crippen molar-refractivity contribution in [2.75, 3.05) is 0 Å². The minimum Gasteiger partial charge on any atom is -0.352 e. The molecule has 0 bridgehead atoms. The number of rotatable bonds is 8. The lowest BCUT2D eigenvalue weighted by Crippen LogP contribution is -2.49. The Morgan fingerprint density at radius 2 is 1.78 bits per heavy atom. The molecule has 0 saturated carbocycles. The molecule has 0 aromatic heterocycles. The Kier molecular flexibility index (Phi) is 8.31. The van der Waals surface area contributed by atoms with Crippen LogP contribution in [-0.4, -0.2) is 28.8 Å². The maximum absolute atomic E-state index is 12.5. The van der Waals surface area contributed by atoms with Crippen LogP contribution in [0.15, 0.2) is 28.7 Å². The number of carbonyl (C=O) groups excluding carboxylic acids is 2. The van der Waals surface area contributed by atoms with Crippen LogP contribution in [0.25, 0.3) is 0 Å². The number of hydrogen-bond donors (Lipinski definition) is 1. The molecule has 1 N–H and O–H groups in total. The maximum Gasteiger partial charge on any atom is 0.242 e. The number of halogens is 1. The van der Waals surface area contributed by atoms with Crippen LogP contribution in [0.4, 0.5) is 0 Å². The van der Waals surface area contributed by atoms with Gasteiger partial charge in [0.25, 0.3) is 0 Å². The summed E-state index contributed by atoms with van der Waals surface area (Å²) in [5.74, 6) is -0.0804. The largest absolute Gasteiger partial charge is 0.352 e. The molecule has 0 unspecified atom stereocenters. The van der Waals surface area contributed by atoms with Crippen molar-refractivity contribution < 1.29 is 9.59 Å². The summed E-state index contributed by atoms with van der Waals surface area (Å²) >= 11 is 3.41. The van der Waals surface area contributed by atoms with Gasteiger partial charge in [0.2, 0.25) is 11.8 Å². The average Bonchev–Trinajstić information content (AvgIpc) is 2.53. The van der Waals surface area contributed by atoms with Crippen LogP contribution in [0.1, 0.15) is 52.5 Å². The Bertz CT molecular complexity index is 516. The van der Waals surface area contributed by atoms with Gasteiger partial charge >= 0.3 is 0 Å². The first kappa shape index (κ1) is 19.7. The fourth-order valence-electron chi connectivity index (χ4n) is 2.19. The minimum atomic E-state index is -0.480. The molecule has 23 heavy (non-hydrogen) atoms. The average molecular weight is 383 g/mol. The molecule has 5 heteroatoms. The monoisotopic (exact) mass is 382 g/mol. The highest BCUT2D eigenvalue weighted by molar-refractivity contribution is 9.10. The number of carbonyl (C=O) groups is 2. The molecule has 0 fully saturated rings. The summed E-state index contributed by atoms with van der Waals surface area (Å²) in [4.78, 5) is 26.5. The Labute approximate surface area is 147 Å². The third kappa shape index (κ3) is 6.34. The number of hydrogen-bond acceptors (Lipinski definition) is 2. The van der Waals surface area contributed by atoms with Crippen molar-refractivity contribution in [2.24, 2.45) is 0 Å². The molecule has 0 aliphatic rings. The van der Waals surface area contributed by atoms with Gasteiger partial charge in [0.1, 0.15) is 6.04 Å². The van der Waals surface area contributed by atoms with Crippen molar-refractivity contribution in [3.05, 3.63) is 34.3 Å². The van der Waals surface area contributed by atoms with Crippen molar-refractivity contribution >= 4 is 27.7 Å². The van der Waals surface area contributed by atoms with Gasteiger partial charge in [0.15, 0.2) is 0 Å². The fraction of sp³-hybridized carbons (Fsp3) is 0.556. The number of nitrogens with one attached hydrogen (secondary N) is 1. The molecule has 0 radical (unpaired) electrons. The van der Waals surface area contributed by atoms with Gasteiger partial charge in [0.05, 0.1) is 0 Å². The lowest BCUT2D eigenvalue weighted by atomic mass is 10.1. The molecule has 0 aliphatic heterocycles. The zero-order valence-electron chi connectivity index (χ0n) is 14.4. The van der Waals surface area contributed by atoms with Crippen LogP contribution in [0.5, 0.6) is 0 Å². The molecule has 0 aliphatic carbocycles. The molecule has 128 valence electrons. The van der Waals surface area contributed by atoms with Crippen LogP contribution in [0.2, 0.25) is 0 Å². The second kappa shape index (κ2) is 9.71. The second-order valence-corrected chi connectivity index (χ2v) is 6.81. The summed E-state index contributed by atoms with van der Waals surface area (Å²) in [6.45, 7) is 8.21. The van der Waals surface area contributed by atoms with Crippen LogP contribution < -0.4 is 5.32 Å². The number of amides is 2. The molecule has 2 amide bonds. The number of nitrogens with zero attached hydrogens (tertiary/aromatic N) is 1. The van der Waals surface area contributed by atoms with Crippen molar-refractivity contribution in [3.8, 4) is 0 Å². The van der Waals surface area contributed by atoms with Crippen LogP contribution >= 0.6 is 15.9 Å². The van der Waals surface area contributed by atoms with Crippen molar-refractivity contribution in [2.45, 2.75) is 65.6 Å². The van der Waals surface area contributed by atoms with Gasteiger partial charge in [0, 0.05) is 23.5 Å². The molecule has 1 rings (SSSR count). The molecule has 0 spiro atoms. The highest BCUT2D eigenvalue weighted by atomic mass is 79.9. The van der Waals surface area contributed by atoms with Crippen LogP contribution in [-0.2, 0) is 16.1 Å². The van der Waals surface area contributed by atoms with E-state index in [0.717, 1.165) is 22.9 Å². The molecule has 4 nitrogen and oxygen atoms in total. The standard InChI is InChI=1S/C18H27BrN2O2/c1-5-7-17(22)21(12-15-8-10-16(19)11-9-15)14(4)18(23)20-13(3)6-2/h8-11,13-14H,5-7,12H2,1-4H3,(H,20,23)/t13-,14-/m0/s1. The summed E-state index contributed by atoms with van der Waals surface area (Å²) in [5, 5.41) is 2.96. The van der Waals surface area contributed by atoms with Gasteiger partial charge in [-0.15, -0.1) is 0 Å². The Morgan fingerprint density at radius 1 is 1.17 bits per heavy atom. The highest BCUT2D eigenvalue weighted by Gasteiger charge is 2.26. The topological polar surface area (TPSA) is 49.4 Å². The number of benzene rings is 1. The second-order valence-electron chi connectivity index (χ2n) is 5.89. The van der Waals surface area contributed by atoms with Gasteiger partial charge in [-0.3, -0.25) is 9.59 Å². The first-order valence-corrected chi connectivity index (χ1v) is 9.02. The zero-order chi connectivity index (χ0) is 17.4. The molecule has 2 atom stereocenters. The third-order valence-electron chi connectivity index (χ3n) is 3.90. The molecule has 0 heterocycles. The van der Waals surface area contributed by atoms with Gasteiger partial charge < -0.3 is 10.2 Å². The van der Waals surface area contributed by atoms with E-state index in [1.54, 1.807) is 11.8 Å². The summed E-state index contributed by atoms with van der Waals surface area (Å²) in [7, 11) is 0. The normalized spacial score (nSPS) is 13.3. The van der Waals surface area contributed by atoms with E-state index in [-0.39, 0.29) is 17.9 Å². The van der Waals surface area contributed by atoms with E-state index in [9.17, 15) is 9.59 Å². The first-order chi connectivity index (χ1) is 10.9. The predicted octanol–water partition coefficient (Wildman–Crippen LogP) is 3.88. The van der Waals surface area contributed by atoms with E-state index in [1.807, 2.05) is 45.0 Å². The van der Waals surface area contributed by atoms with E-state index < -0.39 is 6.04 Å². The maximum atomic E-state index is 12.5. The van der Waals surface area contributed by atoms with E-state index in [0.29, 0.717) is 13.0 Å². The lowest BCUT2D eigenvalue weighted by Gasteiger charge is -2.29. The summed E-state index contributed by atoms with van der Waals surface area (Å²) in [5.41, 5.74) is 1.01. The summed E-state index contributed by atoms with van der Waals surface area (Å²) in [6.07, 6.45) is 2.10. The Hall–Kier alpha value is -1.36. The summed E-state index contributed by atoms with van der Waals surface area (Å²) < 4.78 is 0.996. The van der Waals surface area contributed by atoms with Gasteiger partial charge in [-0.25, -0.2) is 0 Å². The lowest BCUT2D eigenvalue weighted by molar-refractivity contribution is -0.140. The first-order valence-electron chi connectivity index (χ1n) is 8.23. The highest BCUT2D eigenvalue weighted by Crippen LogP contribution is 2.15. The van der Waals surface area contributed by atoms with Crippen molar-refractivity contribution in [1.29, 1.82) is 0 Å². The van der Waals surface area contributed by atoms with E-state index in [2.05, 4.69) is 21.2 Å². The molecular formula is C18H27BrN2O2. The van der Waals surface area contributed by atoms with Crippen LogP contribution in [0, 0.1) is 0 Å².